The van der Waals surface area contributed by atoms with Gasteiger partial charge in [0.2, 0.25) is 0 Å². The molecule has 0 spiro atoms. The maximum Gasteiger partial charge on any atom is 0.338 e. The Kier molecular flexibility index (Phi) is 7.25. The Hall–Kier alpha value is -3.05. The summed E-state index contributed by atoms with van der Waals surface area (Å²) in [5, 5.41) is 36.0. The average Bonchev–Trinajstić information content (AvgIpc) is 2.90. The van der Waals surface area contributed by atoms with E-state index < -0.39 is 76.2 Å². The van der Waals surface area contributed by atoms with E-state index in [0.717, 1.165) is 0 Å². The maximum absolute atomic E-state index is 14.9. The fourth-order valence-corrected chi connectivity index (χ4v) is 7.94. The summed E-state index contributed by atoms with van der Waals surface area (Å²) in [5.74, 6) is -3.09. The molecule has 9 atom stereocenters. The van der Waals surface area contributed by atoms with E-state index in [1.54, 1.807) is 58.0 Å². The number of rotatable bonds is 5. The highest BCUT2D eigenvalue weighted by atomic mass is 16.6. The monoisotopic (exact) mass is 584 g/mol. The predicted molar refractivity (Wildman–Crippen MR) is 149 cm³/mol. The summed E-state index contributed by atoms with van der Waals surface area (Å²) >= 11 is 0. The molecule has 3 aliphatic carbocycles. The number of benzene rings is 1. The molecule has 0 amide bonds. The van der Waals surface area contributed by atoms with Gasteiger partial charge in [-0.05, 0) is 44.1 Å². The van der Waals surface area contributed by atoms with Crippen LogP contribution in [0.4, 0.5) is 0 Å². The number of Topliss-reactive ketones (excluding diaryl/α,β-unsaturated/α-hetero) is 1. The van der Waals surface area contributed by atoms with Crippen molar-refractivity contribution in [2.45, 2.75) is 96.1 Å². The number of ketones is 1. The number of aliphatic hydroxyl groups excluding tert-OH is 2. The third-order valence-corrected chi connectivity index (χ3v) is 10.2. The highest BCUT2D eigenvalue weighted by Crippen LogP contribution is 2.64. The van der Waals surface area contributed by atoms with Gasteiger partial charge >= 0.3 is 11.9 Å². The van der Waals surface area contributed by atoms with Crippen LogP contribution in [0.15, 0.2) is 53.8 Å². The van der Waals surface area contributed by atoms with E-state index in [4.69, 9.17) is 18.9 Å². The van der Waals surface area contributed by atoms with Crippen molar-refractivity contribution in [2.24, 2.45) is 16.7 Å². The van der Waals surface area contributed by atoms with Gasteiger partial charge in [0.15, 0.2) is 17.5 Å². The number of hydrogen-bond donors (Lipinski definition) is 3. The lowest BCUT2D eigenvalue weighted by Crippen LogP contribution is -2.81. The van der Waals surface area contributed by atoms with Gasteiger partial charge in [0.05, 0.1) is 41.5 Å². The second-order valence-corrected chi connectivity index (χ2v) is 13.0. The molecule has 1 heterocycles. The quantitative estimate of drug-likeness (QED) is 0.268. The molecule has 10 heteroatoms. The van der Waals surface area contributed by atoms with Gasteiger partial charge in [-0.25, -0.2) is 4.79 Å². The first-order chi connectivity index (χ1) is 19.5. The van der Waals surface area contributed by atoms with Crippen LogP contribution in [-0.2, 0) is 28.5 Å². The Bertz CT molecular complexity index is 1350. The minimum Gasteiger partial charge on any atom is -0.483 e. The molecular weight excluding hydrogens is 544 g/mol. The van der Waals surface area contributed by atoms with E-state index >= 15 is 0 Å². The lowest BCUT2D eigenvalue weighted by molar-refractivity contribution is -0.346. The van der Waals surface area contributed by atoms with Crippen LogP contribution in [0.5, 0.6) is 0 Å². The molecule has 0 radical (unpaired) electrons. The summed E-state index contributed by atoms with van der Waals surface area (Å²) in [5.41, 5.74) is -5.71. The van der Waals surface area contributed by atoms with Crippen LogP contribution in [0.25, 0.3) is 0 Å². The van der Waals surface area contributed by atoms with Crippen molar-refractivity contribution < 1.29 is 48.7 Å². The number of hydrogen-bond acceptors (Lipinski definition) is 10. The molecule has 5 rings (SSSR count). The zero-order valence-electron chi connectivity index (χ0n) is 24.9. The van der Waals surface area contributed by atoms with Crippen molar-refractivity contribution in [1.82, 2.24) is 0 Å². The van der Waals surface area contributed by atoms with Crippen LogP contribution < -0.4 is 0 Å². The van der Waals surface area contributed by atoms with Gasteiger partial charge in [0.25, 0.3) is 0 Å². The van der Waals surface area contributed by atoms with Crippen LogP contribution in [0.2, 0.25) is 0 Å². The van der Waals surface area contributed by atoms with Crippen LogP contribution in [-0.4, -0.2) is 81.4 Å². The molecule has 4 aliphatic rings. The summed E-state index contributed by atoms with van der Waals surface area (Å²) < 4.78 is 24.1. The first-order valence-corrected chi connectivity index (χ1v) is 14.3. The molecule has 10 nitrogen and oxygen atoms in total. The summed E-state index contributed by atoms with van der Waals surface area (Å²) in [7, 11) is 0. The summed E-state index contributed by atoms with van der Waals surface area (Å²) in [6.45, 7) is 13.1. The zero-order valence-corrected chi connectivity index (χ0v) is 24.9. The van der Waals surface area contributed by atoms with Crippen molar-refractivity contribution >= 4 is 17.7 Å². The number of allylic oxidation sites excluding steroid dienone is 1. The molecule has 1 saturated heterocycles. The highest BCUT2D eigenvalue weighted by molar-refractivity contribution is 5.94. The third-order valence-electron chi connectivity index (χ3n) is 10.2. The Morgan fingerprint density at radius 3 is 2.26 bits per heavy atom. The second-order valence-electron chi connectivity index (χ2n) is 13.0. The summed E-state index contributed by atoms with van der Waals surface area (Å²) in [4.78, 5) is 41.2. The largest absolute Gasteiger partial charge is 0.483 e. The molecule has 0 aromatic heterocycles. The van der Waals surface area contributed by atoms with Crippen LogP contribution >= 0.6 is 0 Å². The molecule has 2 bridgehead atoms. The highest BCUT2D eigenvalue weighted by Gasteiger charge is 2.78. The normalized spacial score (nSPS) is 40.4. The molecule has 0 unspecified atom stereocenters. The van der Waals surface area contributed by atoms with Crippen molar-refractivity contribution in [1.29, 1.82) is 0 Å². The smallest absolute Gasteiger partial charge is 0.338 e. The lowest BCUT2D eigenvalue weighted by Gasteiger charge is -2.67. The SMILES string of the molecule is C=C(C)O[C@H]1C(=O)[C@@]2(C)[C@H]([C@H](OC(=O)c3ccccc3)[C@]3(O)C[C@H](O)C(C)=C1C3(C)C)[C@]1(OC(C)=O)CO[C@@H]1C[C@@H]2O. The molecule has 1 aliphatic heterocycles. The van der Waals surface area contributed by atoms with Crippen LogP contribution in [0, 0.1) is 16.7 Å². The van der Waals surface area contributed by atoms with Crippen molar-refractivity contribution in [2.75, 3.05) is 6.61 Å². The van der Waals surface area contributed by atoms with Crippen molar-refractivity contribution in [3.63, 3.8) is 0 Å². The molecule has 1 aromatic carbocycles. The number of carbonyl (C=O) groups excluding carboxylic acids is 3. The van der Waals surface area contributed by atoms with E-state index in [1.807, 2.05) is 0 Å². The van der Waals surface area contributed by atoms with Gasteiger partial charge < -0.3 is 34.3 Å². The molecule has 2 saturated carbocycles. The molecule has 228 valence electrons. The lowest BCUT2D eigenvalue weighted by atomic mass is 9.44. The maximum atomic E-state index is 14.9. The van der Waals surface area contributed by atoms with Crippen LogP contribution in [0.3, 0.4) is 0 Å². The number of esters is 2. The van der Waals surface area contributed by atoms with Crippen LogP contribution in [0.1, 0.15) is 64.7 Å². The van der Waals surface area contributed by atoms with E-state index in [2.05, 4.69) is 6.58 Å². The number of aliphatic hydroxyl groups is 3. The van der Waals surface area contributed by atoms with Gasteiger partial charge in [-0.3, -0.25) is 9.59 Å². The molecule has 3 fully saturated rings. The predicted octanol–water partition coefficient (Wildman–Crippen LogP) is 2.64. The minimum atomic E-state index is -2.03. The number of ether oxygens (including phenoxy) is 4. The van der Waals surface area contributed by atoms with Crippen molar-refractivity contribution in [3.05, 3.63) is 59.4 Å². The Labute approximate surface area is 245 Å². The zero-order chi connectivity index (χ0) is 31.0. The number of carbonyl (C=O) groups is 3. The Morgan fingerprint density at radius 1 is 1.07 bits per heavy atom. The Morgan fingerprint density at radius 2 is 1.71 bits per heavy atom. The van der Waals surface area contributed by atoms with Gasteiger partial charge in [0, 0.05) is 25.2 Å². The number of fused-ring (bicyclic) bond motifs is 5. The topological polar surface area (TPSA) is 149 Å². The first-order valence-electron chi connectivity index (χ1n) is 14.3. The van der Waals surface area contributed by atoms with Gasteiger partial charge in [-0.1, -0.05) is 38.6 Å². The van der Waals surface area contributed by atoms with E-state index in [-0.39, 0.29) is 30.8 Å². The summed E-state index contributed by atoms with van der Waals surface area (Å²) in [6, 6.07) is 8.17. The van der Waals surface area contributed by atoms with E-state index in [9.17, 15) is 29.7 Å². The summed E-state index contributed by atoms with van der Waals surface area (Å²) in [6.07, 6.45) is -6.62. The van der Waals surface area contributed by atoms with Crippen molar-refractivity contribution in [3.8, 4) is 0 Å². The van der Waals surface area contributed by atoms with E-state index in [0.29, 0.717) is 11.1 Å². The third kappa shape index (κ3) is 4.10. The first kappa shape index (κ1) is 30.4. The molecule has 1 aromatic rings. The second kappa shape index (κ2) is 10.0. The molecule has 42 heavy (non-hydrogen) atoms. The van der Waals surface area contributed by atoms with E-state index in [1.165, 1.54) is 13.8 Å². The fraction of sp³-hybridized carbons (Fsp3) is 0.594. The van der Waals surface area contributed by atoms with Gasteiger partial charge in [0.1, 0.15) is 17.8 Å². The molecular formula is C32H40O10. The van der Waals surface area contributed by atoms with Gasteiger partial charge in [-0.2, -0.15) is 0 Å². The van der Waals surface area contributed by atoms with Gasteiger partial charge in [-0.15, -0.1) is 0 Å². The molecule has 3 N–H and O–H groups in total. The minimum absolute atomic E-state index is 0.0480. The fourth-order valence-electron chi connectivity index (χ4n) is 7.94. The average molecular weight is 585 g/mol. The Balaban J connectivity index is 1.84. The standard InChI is InChI=1S/C32H40O10/c1-16(2)40-24-23-17(3)20(34)14-32(38,29(23,5)6)27(41-28(37)19-11-9-8-10-12-19)25-30(7,26(24)36)21(35)13-22-31(25,15-39-22)42-18(4)33/h8-12,20-22,24-25,27,34-35,38H,1,13-15H2,2-7H3/t20-,21-,22+,24+,25-,27-,30+,31-,32+/m0/s1.